The van der Waals surface area contributed by atoms with E-state index in [1.54, 1.807) is 12.3 Å². The number of aliphatic carboxylic acids is 2. The van der Waals surface area contributed by atoms with Gasteiger partial charge in [-0.2, -0.15) is 0 Å². The van der Waals surface area contributed by atoms with Crippen molar-refractivity contribution in [2.24, 2.45) is 11.1 Å². The first-order valence-corrected chi connectivity index (χ1v) is 14.3. The van der Waals surface area contributed by atoms with Crippen LogP contribution < -0.4 is 16.4 Å². The molecule has 0 aliphatic heterocycles. The minimum absolute atomic E-state index is 0.00473. The third-order valence-electron chi connectivity index (χ3n) is 6.81. The van der Waals surface area contributed by atoms with Crippen LogP contribution in [0.4, 0.5) is 8.78 Å². The average Bonchev–Trinajstić information content (AvgIpc) is 3.37. The number of hydrogen-bond acceptors (Lipinski definition) is 7. The maximum atomic E-state index is 14.7. The van der Waals surface area contributed by atoms with Gasteiger partial charge in [0.05, 0.1) is 25.7 Å². The number of carboxylic acid groups (broad SMARTS) is 2. The Balaban J connectivity index is 0.00000166. The van der Waals surface area contributed by atoms with Gasteiger partial charge in [0.15, 0.2) is 0 Å². The van der Waals surface area contributed by atoms with Crippen LogP contribution in [0.5, 0.6) is 0 Å². The second-order valence-corrected chi connectivity index (χ2v) is 11.5. The van der Waals surface area contributed by atoms with Crippen molar-refractivity contribution in [3.63, 3.8) is 0 Å². The van der Waals surface area contributed by atoms with E-state index in [0.717, 1.165) is 29.5 Å². The normalized spacial score (nSPS) is 13.3. The van der Waals surface area contributed by atoms with Gasteiger partial charge < -0.3 is 36.0 Å². The number of halogens is 2. The Labute approximate surface area is 260 Å². The van der Waals surface area contributed by atoms with E-state index < -0.39 is 53.4 Å². The molecule has 13 heteroatoms. The van der Waals surface area contributed by atoms with Crippen LogP contribution in [-0.2, 0) is 20.9 Å². The lowest BCUT2D eigenvalue weighted by Gasteiger charge is -2.33. The summed E-state index contributed by atoms with van der Waals surface area (Å²) >= 11 is 0. The summed E-state index contributed by atoms with van der Waals surface area (Å²) < 4.78 is 30.7. The molecule has 0 radical (unpaired) electrons. The lowest BCUT2D eigenvalue weighted by atomic mass is 9.84. The molecule has 0 bridgehead atoms. The molecule has 45 heavy (non-hydrogen) atoms. The van der Waals surface area contributed by atoms with Gasteiger partial charge in [0, 0.05) is 29.6 Å². The number of aromatic nitrogens is 1. The molecule has 0 unspecified atom stereocenters. The summed E-state index contributed by atoms with van der Waals surface area (Å²) in [5, 5.41) is 40.2. The number of nitrogens with one attached hydrogen (secondary N) is 2. The summed E-state index contributed by atoms with van der Waals surface area (Å²) in [4.78, 5) is 34.7. The van der Waals surface area contributed by atoms with E-state index in [1.807, 2.05) is 55.7 Å². The molecular formula is C32H42F2N4O7. The second-order valence-electron chi connectivity index (χ2n) is 11.5. The number of primary amides is 1. The van der Waals surface area contributed by atoms with E-state index in [2.05, 4.69) is 10.6 Å². The monoisotopic (exact) mass is 632 g/mol. The largest absolute Gasteiger partial charge is 0.480 e. The van der Waals surface area contributed by atoms with Gasteiger partial charge in [0.25, 0.3) is 0 Å². The maximum Gasteiger partial charge on any atom is 0.321 e. The zero-order valence-electron chi connectivity index (χ0n) is 25.5. The molecule has 1 heterocycles. The van der Waals surface area contributed by atoms with Crippen LogP contribution in [-0.4, -0.2) is 74.7 Å². The van der Waals surface area contributed by atoms with Gasteiger partial charge in [-0.05, 0) is 48.2 Å². The summed E-state index contributed by atoms with van der Waals surface area (Å²) in [6, 6.07) is 11.6. The quantitative estimate of drug-likeness (QED) is 0.132. The van der Waals surface area contributed by atoms with Crippen molar-refractivity contribution in [1.82, 2.24) is 15.2 Å². The number of carboxylic acids is 2. The highest BCUT2D eigenvalue weighted by Gasteiger charge is 2.31. The van der Waals surface area contributed by atoms with E-state index in [1.165, 1.54) is 0 Å². The zero-order valence-corrected chi connectivity index (χ0v) is 25.5. The maximum absolute atomic E-state index is 14.7. The lowest BCUT2D eigenvalue weighted by Crippen LogP contribution is -2.50. The minimum Gasteiger partial charge on any atom is -0.480 e. The predicted molar refractivity (Wildman–Crippen MR) is 164 cm³/mol. The minimum atomic E-state index is -1.45. The van der Waals surface area contributed by atoms with Crippen molar-refractivity contribution in [3.05, 3.63) is 83.7 Å². The van der Waals surface area contributed by atoms with E-state index in [0.29, 0.717) is 12.1 Å². The molecule has 3 atom stereocenters. The predicted octanol–water partition coefficient (Wildman–Crippen LogP) is 2.89. The molecule has 0 fully saturated rings. The molecule has 0 spiro atoms. The topological polar surface area (TPSA) is 187 Å². The highest BCUT2D eigenvalue weighted by atomic mass is 19.1. The smallest absolute Gasteiger partial charge is 0.321 e. The first-order valence-electron chi connectivity index (χ1n) is 14.3. The van der Waals surface area contributed by atoms with E-state index in [4.69, 9.17) is 15.9 Å². The number of hydrogen-bond donors (Lipinski definition) is 7. The molecule has 2 aromatic carbocycles. The summed E-state index contributed by atoms with van der Waals surface area (Å²) in [6.07, 6.45) is 1.21. The van der Waals surface area contributed by atoms with Crippen LogP contribution in [0.1, 0.15) is 50.9 Å². The molecule has 0 saturated heterocycles. The highest BCUT2D eigenvalue weighted by Crippen LogP contribution is 2.37. The van der Waals surface area contributed by atoms with Gasteiger partial charge in [-0.1, -0.05) is 51.1 Å². The van der Waals surface area contributed by atoms with Gasteiger partial charge in [-0.3, -0.25) is 19.7 Å². The van der Waals surface area contributed by atoms with E-state index in [-0.39, 0.29) is 37.8 Å². The molecule has 3 rings (SSSR count). The van der Waals surface area contributed by atoms with Crippen LogP contribution in [0, 0.1) is 17.0 Å². The van der Waals surface area contributed by atoms with Crippen molar-refractivity contribution in [1.29, 1.82) is 0 Å². The summed E-state index contributed by atoms with van der Waals surface area (Å²) in [6.45, 7) is 6.34. The molecule has 0 saturated carbocycles. The number of rotatable bonds is 15. The molecule has 246 valence electrons. The number of carbonyl (C=O) groups excluding carboxylic acids is 1. The van der Waals surface area contributed by atoms with E-state index in [9.17, 15) is 33.4 Å². The van der Waals surface area contributed by atoms with Gasteiger partial charge in [0.1, 0.15) is 23.7 Å². The molecule has 11 nitrogen and oxygen atoms in total. The van der Waals surface area contributed by atoms with Crippen molar-refractivity contribution < 1.29 is 43.6 Å². The van der Waals surface area contributed by atoms with Crippen LogP contribution in [0.3, 0.4) is 0 Å². The van der Waals surface area contributed by atoms with Gasteiger partial charge in [0.2, 0.25) is 5.91 Å². The van der Waals surface area contributed by atoms with Crippen molar-refractivity contribution in [3.8, 4) is 11.1 Å². The Bertz CT molecular complexity index is 1410. The number of aliphatic hydroxyl groups excluding tert-OH is 2. The third kappa shape index (κ3) is 11.7. The molecular weight excluding hydrogens is 590 g/mol. The molecule has 3 aromatic rings. The summed E-state index contributed by atoms with van der Waals surface area (Å²) in [7, 11) is 0. The van der Waals surface area contributed by atoms with Crippen LogP contribution in [0.25, 0.3) is 11.1 Å². The lowest BCUT2D eigenvalue weighted by molar-refractivity contribution is -0.144. The Kier molecular flexibility index (Phi) is 14.3. The Morgan fingerprint density at radius 1 is 0.933 bits per heavy atom. The SMILES string of the molecule is CC(C)(C)[C@@H](NCC[C@H](N[C@@H](CC(N)=O)C(=O)O)C(=O)O)c1cc(-c2cc(F)ccc2F)cn1Cc1ccccc1.OCCO. The number of nitrogens with zero attached hydrogens (tertiary/aromatic N) is 1. The molecule has 1 aromatic heterocycles. The van der Waals surface area contributed by atoms with Crippen molar-refractivity contribution in [2.45, 2.75) is 58.3 Å². The molecule has 1 amide bonds. The Morgan fingerprint density at radius 2 is 1.56 bits per heavy atom. The average molecular weight is 633 g/mol. The van der Waals surface area contributed by atoms with Gasteiger partial charge >= 0.3 is 11.9 Å². The van der Waals surface area contributed by atoms with Crippen LogP contribution in [0.2, 0.25) is 0 Å². The molecule has 0 aliphatic rings. The number of benzene rings is 2. The summed E-state index contributed by atoms with van der Waals surface area (Å²) in [5.74, 6) is -4.65. The number of nitrogens with two attached hydrogens (primary N) is 1. The molecule has 8 N–H and O–H groups in total. The van der Waals surface area contributed by atoms with E-state index >= 15 is 0 Å². The van der Waals surface area contributed by atoms with Crippen molar-refractivity contribution >= 4 is 17.8 Å². The van der Waals surface area contributed by atoms with Gasteiger partial charge in [-0.25, -0.2) is 8.78 Å². The summed E-state index contributed by atoms with van der Waals surface area (Å²) in [5.41, 5.74) is 7.09. The zero-order chi connectivity index (χ0) is 33.7. The second kappa shape index (κ2) is 17.4. The highest BCUT2D eigenvalue weighted by molar-refractivity contribution is 5.84. The van der Waals surface area contributed by atoms with Crippen LogP contribution >= 0.6 is 0 Å². The van der Waals surface area contributed by atoms with Gasteiger partial charge in [-0.15, -0.1) is 0 Å². The fourth-order valence-corrected chi connectivity index (χ4v) is 4.72. The number of aliphatic hydroxyl groups is 2. The van der Waals surface area contributed by atoms with Crippen LogP contribution in [0.15, 0.2) is 60.8 Å². The first kappa shape index (κ1) is 37.0. The fourth-order valence-electron chi connectivity index (χ4n) is 4.72. The van der Waals surface area contributed by atoms with Crippen molar-refractivity contribution in [2.75, 3.05) is 19.8 Å². The molecule has 0 aliphatic carbocycles. The Hall–Kier alpha value is -4.17. The Morgan fingerprint density at radius 3 is 2.09 bits per heavy atom. The number of carbonyl (C=O) groups is 3. The third-order valence-corrected chi connectivity index (χ3v) is 6.81. The standard InChI is InChI=1S/C30H36F2N4O5.C2H6O2/c1-30(2,3)27(34-12-11-23(28(38)39)35-24(29(40)41)15-26(33)37)25-13-19(21-14-20(31)9-10-22(21)32)17-36(25)16-18-7-5-4-6-8-18;3-1-2-4/h4-10,13-14,17,23-24,27,34-35H,11-12,15-16H2,1-3H3,(H2,33,37)(H,38,39)(H,40,41);3-4H,1-2H2/t23-,24-,27-;/m0./s1. The number of amides is 1. The first-order chi connectivity index (χ1) is 21.2. The fraction of sp³-hybridized carbons (Fsp3) is 0.406.